The maximum Gasteiger partial charge on any atom is 0.149 e. The summed E-state index contributed by atoms with van der Waals surface area (Å²) < 4.78 is 13.9. The lowest BCUT2D eigenvalue weighted by Gasteiger charge is -2.00. The zero-order valence-corrected chi connectivity index (χ0v) is 12.3. The lowest BCUT2D eigenvalue weighted by Crippen LogP contribution is -2.15. The summed E-state index contributed by atoms with van der Waals surface area (Å²) in [6.07, 6.45) is 0.846. The Morgan fingerprint density at radius 1 is 1.39 bits per heavy atom. The third kappa shape index (κ3) is 3.13. The maximum absolute atomic E-state index is 13.4. The van der Waals surface area contributed by atoms with Crippen LogP contribution in [0.2, 0.25) is 0 Å². The van der Waals surface area contributed by atoms with E-state index in [0.29, 0.717) is 4.47 Å². The van der Waals surface area contributed by atoms with E-state index in [1.54, 1.807) is 6.07 Å². The third-order valence-corrected chi connectivity index (χ3v) is 4.24. The average Bonchev–Trinajstić information content (AvgIpc) is 2.82. The van der Waals surface area contributed by atoms with Crippen molar-refractivity contribution >= 4 is 27.3 Å². The molecule has 2 rings (SSSR count). The van der Waals surface area contributed by atoms with Crippen LogP contribution >= 0.6 is 27.3 Å². The molecule has 0 aliphatic rings. The first kappa shape index (κ1) is 13.6. The van der Waals surface area contributed by atoms with Crippen LogP contribution in [-0.2, 0) is 6.42 Å². The zero-order chi connectivity index (χ0) is 13.0. The molecule has 0 radical (unpaired) electrons. The molecular formula is C12H13BrFN3S. The van der Waals surface area contributed by atoms with Gasteiger partial charge in [0.1, 0.15) is 15.8 Å². The minimum atomic E-state index is -0.281. The first-order valence-electron chi connectivity index (χ1n) is 5.70. The highest BCUT2D eigenvalue weighted by atomic mass is 79.9. The molecule has 1 heterocycles. The number of halogens is 2. The van der Waals surface area contributed by atoms with E-state index in [2.05, 4.69) is 38.4 Å². The smallest absolute Gasteiger partial charge is 0.149 e. The van der Waals surface area contributed by atoms with Gasteiger partial charge in [-0.2, -0.15) is 0 Å². The molecule has 0 bridgehead atoms. The average molecular weight is 330 g/mol. The van der Waals surface area contributed by atoms with Crippen LogP contribution in [0.15, 0.2) is 22.7 Å². The van der Waals surface area contributed by atoms with Crippen LogP contribution in [0, 0.1) is 5.82 Å². The fourth-order valence-electron chi connectivity index (χ4n) is 1.50. The van der Waals surface area contributed by atoms with E-state index in [4.69, 9.17) is 0 Å². The minimum absolute atomic E-state index is 0.281. The van der Waals surface area contributed by atoms with E-state index < -0.39 is 0 Å². The summed E-state index contributed by atoms with van der Waals surface area (Å²) in [6.45, 7) is 3.89. The normalized spacial score (nSPS) is 10.8. The SMILES string of the molecule is CCNCCc1nnc(-c2cccc(F)c2Br)s1. The number of rotatable bonds is 5. The number of aromatic nitrogens is 2. The second-order valence-electron chi connectivity index (χ2n) is 3.71. The Bertz CT molecular complexity index is 530. The molecule has 6 heteroatoms. The largest absolute Gasteiger partial charge is 0.317 e. The van der Waals surface area contributed by atoms with E-state index in [0.717, 1.165) is 35.1 Å². The first-order chi connectivity index (χ1) is 8.72. The van der Waals surface area contributed by atoms with Crippen LogP contribution in [0.3, 0.4) is 0 Å². The van der Waals surface area contributed by atoms with Crippen molar-refractivity contribution in [2.24, 2.45) is 0 Å². The molecule has 18 heavy (non-hydrogen) atoms. The molecular weight excluding hydrogens is 317 g/mol. The van der Waals surface area contributed by atoms with Crippen LogP contribution in [-0.4, -0.2) is 23.3 Å². The fourth-order valence-corrected chi connectivity index (χ4v) is 2.96. The number of hydrogen-bond donors (Lipinski definition) is 1. The number of likely N-dealkylation sites (N-methyl/N-ethyl adjacent to an activating group) is 1. The van der Waals surface area contributed by atoms with Crippen molar-refractivity contribution in [2.75, 3.05) is 13.1 Å². The molecule has 3 nitrogen and oxygen atoms in total. The van der Waals surface area contributed by atoms with Gasteiger partial charge in [-0.3, -0.25) is 0 Å². The van der Waals surface area contributed by atoms with Gasteiger partial charge >= 0.3 is 0 Å². The Balaban J connectivity index is 2.16. The van der Waals surface area contributed by atoms with Crippen LogP contribution in [0.5, 0.6) is 0 Å². The second kappa shape index (κ2) is 6.36. The van der Waals surface area contributed by atoms with Crippen LogP contribution in [0.1, 0.15) is 11.9 Å². The Hall–Kier alpha value is -0.850. The van der Waals surface area contributed by atoms with Gasteiger partial charge in [-0.25, -0.2) is 4.39 Å². The van der Waals surface area contributed by atoms with Gasteiger partial charge < -0.3 is 5.32 Å². The molecule has 1 aromatic heterocycles. The summed E-state index contributed by atoms with van der Waals surface area (Å²) in [5.74, 6) is -0.281. The molecule has 0 amide bonds. The number of benzene rings is 1. The first-order valence-corrected chi connectivity index (χ1v) is 7.30. The van der Waals surface area contributed by atoms with E-state index in [1.165, 1.54) is 17.4 Å². The van der Waals surface area contributed by atoms with Crippen LogP contribution in [0.25, 0.3) is 10.6 Å². The quantitative estimate of drug-likeness (QED) is 0.855. The van der Waals surface area contributed by atoms with Gasteiger partial charge in [0.25, 0.3) is 0 Å². The predicted molar refractivity (Wildman–Crippen MR) is 75.3 cm³/mol. The van der Waals surface area contributed by atoms with Crippen molar-refractivity contribution < 1.29 is 4.39 Å². The summed E-state index contributed by atoms with van der Waals surface area (Å²) in [4.78, 5) is 0. The highest BCUT2D eigenvalue weighted by Gasteiger charge is 2.12. The summed E-state index contributed by atoms with van der Waals surface area (Å²) in [7, 11) is 0. The lowest BCUT2D eigenvalue weighted by atomic mass is 10.2. The summed E-state index contributed by atoms with van der Waals surface area (Å²) in [6, 6.07) is 4.93. The van der Waals surface area contributed by atoms with Crippen molar-refractivity contribution in [3.05, 3.63) is 33.5 Å². The summed E-state index contributed by atoms with van der Waals surface area (Å²) in [5, 5.41) is 13.2. The molecule has 0 aliphatic carbocycles. The molecule has 1 aromatic carbocycles. The van der Waals surface area contributed by atoms with Crippen molar-refractivity contribution in [1.82, 2.24) is 15.5 Å². The highest BCUT2D eigenvalue weighted by Crippen LogP contribution is 2.32. The van der Waals surface area contributed by atoms with Crippen molar-refractivity contribution in [2.45, 2.75) is 13.3 Å². The number of hydrogen-bond acceptors (Lipinski definition) is 4. The Morgan fingerprint density at radius 2 is 2.22 bits per heavy atom. The highest BCUT2D eigenvalue weighted by molar-refractivity contribution is 9.10. The van der Waals surface area contributed by atoms with Crippen LogP contribution < -0.4 is 5.32 Å². The van der Waals surface area contributed by atoms with Gasteiger partial charge in [-0.1, -0.05) is 30.4 Å². The van der Waals surface area contributed by atoms with E-state index >= 15 is 0 Å². The summed E-state index contributed by atoms with van der Waals surface area (Å²) in [5.41, 5.74) is 0.752. The monoisotopic (exact) mass is 329 g/mol. The Labute approximate surface area is 118 Å². The molecule has 0 saturated heterocycles. The molecule has 2 aromatic rings. The van der Waals surface area contributed by atoms with Crippen LogP contribution in [0.4, 0.5) is 4.39 Å². The van der Waals surface area contributed by atoms with Gasteiger partial charge in [0, 0.05) is 18.5 Å². The fraction of sp³-hybridized carbons (Fsp3) is 0.333. The van der Waals surface area contributed by atoms with Gasteiger partial charge in [0.05, 0.1) is 4.47 Å². The minimum Gasteiger partial charge on any atom is -0.317 e. The predicted octanol–water partition coefficient (Wildman–Crippen LogP) is 3.26. The third-order valence-electron chi connectivity index (χ3n) is 2.41. The molecule has 0 spiro atoms. The molecule has 0 aliphatic heterocycles. The second-order valence-corrected chi connectivity index (χ2v) is 5.56. The maximum atomic E-state index is 13.4. The molecule has 0 fully saturated rings. The molecule has 0 saturated carbocycles. The molecule has 1 N–H and O–H groups in total. The molecule has 0 unspecified atom stereocenters. The van der Waals surface area contributed by atoms with E-state index in [9.17, 15) is 4.39 Å². The van der Waals surface area contributed by atoms with Gasteiger partial charge in [-0.15, -0.1) is 10.2 Å². The van der Waals surface area contributed by atoms with Crippen molar-refractivity contribution in [3.8, 4) is 10.6 Å². The number of nitrogens with one attached hydrogen (secondary N) is 1. The van der Waals surface area contributed by atoms with Gasteiger partial charge in [0.15, 0.2) is 0 Å². The zero-order valence-electron chi connectivity index (χ0n) is 9.91. The number of nitrogens with zero attached hydrogens (tertiary/aromatic N) is 2. The van der Waals surface area contributed by atoms with E-state index in [-0.39, 0.29) is 5.82 Å². The Kier molecular flexibility index (Phi) is 4.79. The molecule has 0 atom stereocenters. The molecule has 96 valence electrons. The Morgan fingerprint density at radius 3 is 3.00 bits per heavy atom. The standard InChI is InChI=1S/C12H13BrFN3S/c1-2-15-7-6-10-16-17-12(18-10)8-4-3-5-9(14)11(8)13/h3-5,15H,2,6-7H2,1H3. The van der Waals surface area contributed by atoms with E-state index in [1.807, 2.05) is 6.07 Å². The topological polar surface area (TPSA) is 37.8 Å². The summed E-state index contributed by atoms with van der Waals surface area (Å²) >= 11 is 4.74. The van der Waals surface area contributed by atoms with Crippen molar-refractivity contribution in [1.29, 1.82) is 0 Å². The van der Waals surface area contributed by atoms with Gasteiger partial charge in [0.2, 0.25) is 0 Å². The van der Waals surface area contributed by atoms with Crippen molar-refractivity contribution in [3.63, 3.8) is 0 Å². The lowest BCUT2D eigenvalue weighted by molar-refractivity contribution is 0.621. The van der Waals surface area contributed by atoms with Gasteiger partial charge in [-0.05, 0) is 28.5 Å².